The van der Waals surface area contributed by atoms with Gasteiger partial charge in [0.1, 0.15) is 5.78 Å². The molecular formula is C18H20O. The summed E-state index contributed by atoms with van der Waals surface area (Å²) in [5, 5.41) is 0. The molecule has 0 saturated heterocycles. The minimum atomic E-state index is 0.274. The van der Waals surface area contributed by atoms with E-state index in [1.54, 1.807) is 0 Å². The molecule has 98 valence electrons. The van der Waals surface area contributed by atoms with Gasteiger partial charge in [0, 0.05) is 11.8 Å². The number of hydrogen-bond acceptors (Lipinski definition) is 1. The third-order valence-electron chi connectivity index (χ3n) is 5.53. The maximum atomic E-state index is 12.8. The maximum Gasteiger partial charge on any atom is 0.140 e. The number of benzene rings is 1. The maximum absolute atomic E-state index is 12.8. The lowest BCUT2D eigenvalue weighted by Gasteiger charge is -2.35. The monoisotopic (exact) mass is 252 g/mol. The molecule has 1 aromatic rings. The molecule has 1 nitrogen and oxygen atoms in total. The summed E-state index contributed by atoms with van der Waals surface area (Å²) < 4.78 is 0. The molecule has 2 saturated carbocycles. The molecule has 0 aliphatic heterocycles. The number of fused-ring (bicyclic) bond motifs is 5. The Morgan fingerprint density at radius 2 is 1.79 bits per heavy atom. The molecule has 1 aromatic carbocycles. The van der Waals surface area contributed by atoms with E-state index in [2.05, 4.69) is 36.4 Å². The Morgan fingerprint density at radius 1 is 1.00 bits per heavy atom. The molecule has 0 radical (unpaired) electrons. The molecule has 0 N–H and O–H groups in total. The summed E-state index contributed by atoms with van der Waals surface area (Å²) in [5.74, 6) is 3.16. The van der Waals surface area contributed by atoms with Crippen molar-refractivity contribution in [1.82, 2.24) is 0 Å². The van der Waals surface area contributed by atoms with E-state index in [0.29, 0.717) is 23.5 Å². The molecule has 0 spiro atoms. The summed E-state index contributed by atoms with van der Waals surface area (Å²) in [6.45, 7) is 0. The van der Waals surface area contributed by atoms with Crippen LogP contribution in [0.2, 0.25) is 0 Å². The first-order valence-electron chi connectivity index (χ1n) is 7.59. The fourth-order valence-electron chi connectivity index (χ4n) is 4.65. The largest absolute Gasteiger partial charge is 0.299 e. The first-order valence-corrected chi connectivity index (χ1v) is 7.59. The zero-order valence-corrected chi connectivity index (χ0v) is 11.2. The van der Waals surface area contributed by atoms with E-state index in [-0.39, 0.29) is 5.92 Å². The average molecular weight is 252 g/mol. The first kappa shape index (κ1) is 11.5. The van der Waals surface area contributed by atoms with E-state index in [4.69, 9.17) is 0 Å². The zero-order valence-electron chi connectivity index (χ0n) is 11.2. The van der Waals surface area contributed by atoms with Crippen molar-refractivity contribution in [2.45, 2.75) is 25.7 Å². The topological polar surface area (TPSA) is 17.1 Å². The molecule has 3 aliphatic carbocycles. The van der Waals surface area contributed by atoms with Gasteiger partial charge in [0.15, 0.2) is 0 Å². The van der Waals surface area contributed by atoms with Gasteiger partial charge in [-0.05, 0) is 49.0 Å². The summed E-state index contributed by atoms with van der Waals surface area (Å²) in [5.41, 5.74) is 1.32. The van der Waals surface area contributed by atoms with E-state index >= 15 is 0 Å². The van der Waals surface area contributed by atoms with Gasteiger partial charge >= 0.3 is 0 Å². The van der Waals surface area contributed by atoms with E-state index < -0.39 is 0 Å². The van der Waals surface area contributed by atoms with Crippen LogP contribution >= 0.6 is 0 Å². The zero-order chi connectivity index (χ0) is 12.8. The van der Waals surface area contributed by atoms with Gasteiger partial charge < -0.3 is 0 Å². The molecule has 0 aromatic heterocycles. The summed E-state index contributed by atoms with van der Waals surface area (Å²) in [4.78, 5) is 12.8. The standard InChI is InChI=1S/C18H20O/c19-18-15(10-12-4-2-1-3-5-12)8-9-16-13-6-7-14(11-13)17(16)18/h1-7,13-17H,8-11H2/t13-,14+,15-,16-,17-/m0/s1. The van der Waals surface area contributed by atoms with E-state index in [1.807, 2.05) is 6.07 Å². The van der Waals surface area contributed by atoms with E-state index in [9.17, 15) is 4.79 Å². The van der Waals surface area contributed by atoms with Gasteiger partial charge in [-0.1, -0.05) is 42.5 Å². The van der Waals surface area contributed by atoms with Crippen molar-refractivity contribution in [2.75, 3.05) is 0 Å². The lowest BCUT2D eigenvalue weighted by Crippen LogP contribution is -2.38. The molecule has 4 rings (SSSR count). The van der Waals surface area contributed by atoms with Gasteiger partial charge in [0.25, 0.3) is 0 Å². The quantitative estimate of drug-likeness (QED) is 0.734. The van der Waals surface area contributed by atoms with Crippen LogP contribution in [0.3, 0.4) is 0 Å². The summed E-state index contributed by atoms with van der Waals surface area (Å²) in [7, 11) is 0. The van der Waals surface area contributed by atoms with Crippen molar-refractivity contribution >= 4 is 5.78 Å². The third kappa shape index (κ3) is 1.79. The van der Waals surface area contributed by atoms with Gasteiger partial charge in [-0.3, -0.25) is 4.79 Å². The molecule has 19 heavy (non-hydrogen) atoms. The highest BCUT2D eigenvalue weighted by Gasteiger charge is 2.51. The second kappa shape index (κ2) is 4.33. The fourth-order valence-corrected chi connectivity index (χ4v) is 4.65. The highest BCUT2D eigenvalue weighted by Crippen LogP contribution is 2.53. The molecule has 1 heteroatoms. The summed E-state index contributed by atoms with van der Waals surface area (Å²) in [6.07, 6.45) is 9.25. The lowest BCUT2D eigenvalue weighted by molar-refractivity contribution is -0.132. The van der Waals surface area contributed by atoms with Gasteiger partial charge in [-0.2, -0.15) is 0 Å². The Bertz CT molecular complexity index is 516. The van der Waals surface area contributed by atoms with E-state index in [0.717, 1.165) is 18.8 Å². The Balaban J connectivity index is 1.53. The Morgan fingerprint density at radius 3 is 2.63 bits per heavy atom. The lowest BCUT2D eigenvalue weighted by atomic mass is 9.67. The molecule has 5 atom stereocenters. The number of Topliss-reactive ketones (excluding diaryl/α,β-unsaturated/α-hetero) is 1. The minimum absolute atomic E-state index is 0.274. The predicted octanol–water partition coefficient (Wildman–Crippen LogP) is 3.65. The Hall–Kier alpha value is -1.37. The van der Waals surface area contributed by atoms with Gasteiger partial charge in [0.05, 0.1) is 0 Å². The molecule has 0 unspecified atom stereocenters. The number of ketones is 1. The van der Waals surface area contributed by atoms with Crippen LogP contribution < -0.4 is 0 Å². The number of carbonyl (C=O) groups excluding carboxylic acids is 1. The predicted molar refractivity (Wildman–Crippen MR) is 75.6 cm³/mol. The third-order valence-corrected chi connectivity index (χ3v) is 5.53. The number of carbonyl (C=O) groups is 1. The Labute approximate surface area is 114 Å². The highest BCUT2D eigenvalue weighted by atomic mass is 16.1. The number of hydrogen-bond donors (Lipinski definition) is 0. The highest BCUT2D eigenvalue weighted by molar-refractivity contribution is 5.86. The molecule has 0 heterocycles. The second-order valence-electron chi connectivity index (χ2n) is 6.50. The van der Waals surface area contributed by atoms with Crippen LogP contribution in [0.25, 0.3) is 0 Å². The minimum Gasteiger partial charge on any atom is -0.299 e. The van der Waals surface area contributed by atoms with Crippen LogP contribution in [0.1, 0.15) is 24.8 Å². The summed E-state index contributed by atoms with van der Waals surface area (Å²) in [6, 6.07) is 10.5. The first-order chi connectivity index (χ1) is 9.33. The Kier molecular flexibility index (Phi) is 2.61. The van der Waals surface area contributed by atoms with Crippen LogP contribution in [-0.2, 0) is 11.2 Å². The smallest absolute Gasteiger partial charge is 0.140 e. The fraction of sp³-hybridized carbons (Fsp3) is 0.500. The second-order valence-corrected chi connectivity index (χ2v) is 6.50. The average Bonchev–Trinajstić information content (AvgIpc) is 3.04. The normalized spacial score (nSPS) is 39.6. The molecule has 0 amide bonds. The van der Waals surface area contributed by atoms with Crippen LogP contribution in [0, 0.1) is 29.6 Å². The van der Waals surface area contributed by atoms with Crippen molar-refractivity contribution < 1.29 is 4.79 Å². The van der Waals surface area contributed by atoms with Crippen LogP contribution in [0.15, 0.2) is 42.5 Å². The summed E-state index contributed by atoms with van der Waals surface area (Å²) >= 11 is 0. The van der Waals surface area contributed by atoms with Crippen molar-refractivity contribution in [1.29, 1.82) is 0 Å². The van der Waals surface area contributed by atoms with E-state index in [1.165, 1.54) is 18.4 Å². The van der Waals surface area contributed by atoms with Crippen molar-refractivity contribution in [3.05, 3.63) is 48.0 Å². The van der Waals surface area contributed by atoms with Crippen molar-refractivity contribution in [3.63, 3.8) is 0 Å². The van der Waals surface area contributed by atoms with Crippen LogP contribution in [0.5, 0.6) is 0 Å². The van der Waals surface area contributed by atoms with Crippen molar-refractivity contribution in [3.8, 4) is 0 Å². The van der Waals surface area contributed by atoms with Gasteiger partial charge in [0.2, 0.25) is 0 Å². The van der Waals surface area contributed by atoms with Crippen LogP contribution in [0.4, 0.5) is 0 Å². The van der Waals surface area contributed by atoms with Crippen LogP contribution in [-0.4, -0.2) is 5.78 Å². The van der Waals surface area contributed by atoms with Gasteiger partial charge in [-0.25, -0.2) is 0 Å². The molecular weight excluding hydrogens is 232 g/mol. The molecule has 2 fully saturated rings. The van der Waals surface area contributed by atoms with Gasteiger partial charge in [-0.15, -0.1) is 0 Å². The van der Waals surface area contributed by atoms with Crippen molar-refractivity contribution in [2.24, 2.45) is 29.6 Å². The number of rotatable bonds is 2. The number of allylic oxidation sites excluding steroid dienone is 2. The SMILES string of the molecule is O=C1[C@H](Cc2ccccc2)CC[C@@H]2[C@@H]1[C@@H]1C=C[C@H]2C1. The molecule has 2 bridgehead atoms. The molecule has 3 aliphatic rings.